The molecule has 3 aromatic carbocycles. The summed E-state index contributed by atoms with van der Waals surface area (Å²) < 4.78 is 17.0. The molecule has 7 nitrogen and oxygen atoms in total. The van der Waals surface area contributed by atoms with Gasteiger partial charge in [-0.1, -0.05) is 42.5 Å². The number of carbonyl (C=O) groups is 1. The molecule has 7 heteroatoms. The van der Waals surface area contributed by atoms with Crippen molar-refractivity contribution < 1.29 is 18.7 Å². The zero-order valence-electron chi connectivity index (χ0n) is 20.1. The molecular weight excluding hydrogens is 442 g/mol. The molecule has 1 aromatic heterocycles. The minimum atomic E-state index is -0.193. The topological polar surface area (TPSA) is 99.6 Å². The standard InChI is InChI=1S/C28H31N3O4/c1-33-24-12-6-11-21-15-23(25(34-2)16-22(21)24)28(32)31-17-19(8-7-13-29)14-27-30-18-26(35-27)20-9-4-3-5-10-20/h3-6,9-12,15-16,18-19H,7-8,13-14,17,29H2,1-2H3,(H,31,32)/t19-/m0/s1. The van der Waals surface area contributed by atoms with Gasteiger partial charge in [0.05, 0.1) is 26.0 Å². The number of methoxy groups -OCH3 is 2. The first-order valence-electron chi connectivity index (χ1n) is 11.8. The normalized spacial score (nSPS) is 11.9. The molecule has 1 heterocycles. The zero-order chi connectivity index (χ0) is 24.6. The largest absolute Gasteiger partial charge is 0.496 e. The van der Waals surface area contributed by atoms with Crippen LogP contribution in [0.4, 0.5) is 0 Å². The van der Waals surface area contributed by atoms with Gasteiger partial charge in [0.15, 0.2) is 11.7 Å². The molecule has 0 aliphatic heterocycles. The number of carbonyl (C=O) groups excluding carboxylic acids is 1. The number of fused-ring (bicyclic) bond motifs is 1. The van der Waals surface area contributed by atoms with Gasteiger partial charge in [-0.3, -0.25) is 4.79 Å². The average Bonchev–Trinajstić information content (AvgIpc) is 3.37. The fourth-order valence-corrected chi connectivity index (χ4v) is 4.20. The second-order valence-electron chi connectivity index (χ2n) is 8.43. The van der Waals surface area contributed by atoms with Crippen molar-refractivity contribution in [2.24, 2.45) is 11.7 Å². The van der Waals surface area contributed by atoms with Gasteiger partial charge in [0, 0.05) is 23.9 Å². The maximum atomic E-state index is 13.2. The van der Waals surface area contributed by atoms with Crippen LogP contribution >= 0.6 is 0 Å². The predicted molar refractivity (Wildman–Crippen MR) is 137 cm³/mol. The Hall–Kier alpha value is -3.84. The lowest BCUT2D eigenvalue weighted by Gasteiger charge is -2.17. The van der Waals surface area contributed by atoms with Crippen LogP contribution in [0.2, 0.25) is 0 Å². The Morgan fingerprint density at radius 1 is 1.06 bits per heavy atom. The number of benzene rings is 3. The van der Waals surface area contributed by atoms with Crippen LogP contribution in [0, 0.1) is 5.92 Å². The first-order valence-corrected chi connectivity index (χ1v) is 11.8. The molecule has 0 aliphatic rings. The van der Waals surface area contributed by atoms with Crippen LogP contribution in [-0.2, 0) is 6.42 Å². The Balaban J connectivity index is 1.48. The first-order chi connectivity index (χ1) is 17.1. The molecule has 0 spiro atoms. The number of amides is 1. The zero-order valence-corrected chi connectivity index (χ0v) is 20.1. The molecular formula is C28H31N3O4. The molecule has 0 unspecified atom stereocenters. The van der Waals surface area contributed by atoms with Crippen LogP contribution in [0.3, 0.4) is 0 Å². The highest BCUT2D eigenvalue weighted by molar-refractivity contribution is 6.02. The highest BCUT2D eigenvalue weighted by Gasteiger charge is 2.19. The van der Waals surface area contributed by atoms with Crippen molar-refractivity contribution in [2.45, 2.75) is 19.3 Å². The Morgan fingerprint density at radius 2 is 1.86 bits per heavy atom. The summed E-state index contributed by atoms with van der Waals surface area (Å²) in [6.45, 7) is 1.06. The second-order valence-corrected chi connectivity index (χ2v) is 8.43. The van der Waals surface area contributed by atoms with E-state index in [0.29, 0.717) is 36.7 Å². The predicted octanol–water partition coefficient (Wildman–Crippen LogP) is 4.84. The Labute approximate surface area is 205 Å². The van der Waals surface area contributed by atoms with Crippen LogP contribution < -0.4 is 20.5 Å². The maximum Gasteiger partial charge on any atom is 0.255 e. The monoisotopic (exact) mass is 473 g/mol. The molecule has 0 radical (unpaired) electrons. The SMILES string of the molecule is COc1cc2c(OC)cccc2cc1C(=O)NC[C@@H](CCCN)Cc1ncc(-c2ccccc2)o1. The molecule has 0 aliphatic carbocycles. The summed E-state index contributed by atoms with van der Waals surface area (Å²) in [6.07, 6.45) is 4.06. The molecule has 1 amide bonds. The van der Waals surface area contributed by atoms with E-state index in [0.717, 1.165) is 40.7 Å². The summed E-state index contributed by atoms with van der Waals surface area (Å²) in [4.78, 5) is 17.6. The smallest absolute Gasteiger partial charge is 0.255 e. The lowest BCUT2D eigenvalue weighted by molar-refractivity contribution is 0.0942. The molecule has 0 saturated heterocycles. The van der Waals surface area contributed by atoms with E-state index in [9.17, 15) is 4.79 Å². The maximum absolute atomic E-state index is 13.2. The Morgan fingerprint density at radius 3 is 2.60 bits per heavy atom. The fourth-order valence-electron chi connectivity index (χ4n) is 4.20. The number of nitrogens with zero attached hydrogens (tertiary/aromatic N) is 1. The quantitative estimate of drug-likeness (QED) is 0.323. The summed E-state index contributed by atoms with van der Waals surface area (Å²) in [5.41, 5.74) is 7.22. The Bertz CT molecular complexity index is 1270. The van der Waals surface area contributed by atoms with Crippen molar-refractivity contribution in [2.75, 3.05) is 27.3 Å². The molecule has 4 aromatic rings. The minimum Gasteiger partial charge on any atom is -0.496 e. The van der Waals surface area contributed by atoms with Crippen molar-refractivity contribution in [3.8, 4) is 22.8 Å². The number of oxazole rings is 1. The summed E-state index contributed by atoms with van der Waals surface area (Å²) in [7, 11) is 3.18. The van der Waals surface area contributed by atoms with Gasteiger partial charge in [-0.25, -0.2) is 4.98 Å². The number of rotatable bonds is 11. The third-order valence-electron chi connectivity index (χ3n) is 6.07. The lowest BCUT2D eigenvalue weighted by atomic mass is 9.98. The second kappa shape index (κ2) is 11.5. The average molecular weight is 474 g/mol. The number of nitrogens with one attached hydrogen (secondary N) is 1. The van der Waals surface area contributed by atoms with E-state index in [1.165, 1.54) is 0 Å². The van der Waals surface area contributed by atoms with Crippen LogP contribution in [0.1, 0.15) is 29.1 Å². The summed E-state index contributed by atoms with van der Waals surface area (Å²) in [5, 5.41) is 4.87. The summed E-state index contributed by atoms with van der Waals surface area (Å²) >= 11 is 0. The number of hydrogen-bond donors (Lipinski definition) is 2. The van der Waals surface area contributed by atoms with Crippen molar-refractivity contribution in [1.29, 1.82) is 0 Å². The van der Waals surface area contributed by atoms with Gasteiger partial charge in [-0.15, -0.1) is 0 Å². The third-order valence-corrected chi connectivity index (χ3v) is 6.07. The number of ether oxygens (including phenoxy) is 2. The summed E-state index contributed by atoms with van der Waals surface area (Å²) in [6, 6.07) is 19.3. The third kappa shape index (κ3) is 5.81. The van der Waals surface area contributed by atoms with Crippen molar-refractivity contribution in [3.63, 3.8) is 0 Å². The van der Waals surface area contributed by atoms with E-state index in [4.69, 9.17) is 19.6 Å². The molecule has 3 N–H and O–H groups in total. The molecule has 1 atom stereocenters. The number of hydrogen-bond acceptors (Lipinski definition) is 6. The van der Waals surface area contributed by atoms with Gasteiger partial charge in [0.25, 0.3) is 5.91 Å². The minimum absolute atomic E-state index is 0.135. The molecule has 182 valence electrons. The van der Waals surface area contributed by atoms with Gasteiger partial charge >= 0.3 is 0 Å². The molecule has 0 bridgehead atoms. The van der Waals surface area contributed by atoms with E-state index < -0.39 is 0 Å². The van der Waals surface area contributed by atoms with Gasteiger partial charge < -0.3 is 24.9 Å². The lowest BCUT2D eigenvalue weighted by Crippen LogP contribution is -2.31. The van der Waals surface area contributed by atoms with Gasteiger partial charge in [0.2, 0.25) is 0 Å². The molecule has 35 heavy (non-hydrogen) atoms. The van der Waals surface area contributed by atoms with Gasteiger partial charge in [-0.05, 0) is 48.9 Å². The van der Waals surface area contributed by atoms with Crippen molar-refractivity contribution >= 4 is 16.7 Å². The molecule has 0 fully saturated rings. The van der Waals surface area contributed by atoms with E-state index >= 15 is 0 Å². The van der Waals surface area contributed by atoms with E-state index in [-0.39, 0.29) is 11.8 Å². The van der Waals surface area contributed by atoms with Crippen LogP contribution in [0.5, 0.6) is 11.5 Å². The summed E-state index contributed by atoms with van der Waals surface area (Å²) in [5.74, 6) is 2.56. The number of aromatic nitrogens is 1. The van der Waals surface area contributed by atoms with E-state index in [1.807, 2.05) is 60.7 Å². The van der Waals surface area contributed by atoms with E-state index in [2.05, 4.69) is 10.3 Å². The van der Waals surface area contributed by atoms with Crippen molar-refractivity contribution in [1.82, 2.24) is 10.3 Å². The van der Waals surface area contributed by atoms with Crippen LogP contribution in [0.15, 0.2) is 71.3 Å². The van der Waals surface area contributed by atoms with Crippen LogP contribution in [-0.4, -0.2) is 38.2 Å². The van der Waals surface area contributed by atoms with Crippen LogP contribution in [0.25, 0.3) is 22.1 Å². The highest BCUT2D eigenvalue weighted by atomic mass is 16.5. The van der Waals surface area contributed by atoms with Gasteiger partial charge in [0.1, 0.15) is 11.5 Å². The first kappa shape index (κ1) is 24.3. The van der Waals surface area contributed by atoms with E-state index in [1.54, 1.807) is 20.4 Å². The molecule has 0 saturated carbocycles. The van der Waals surface area contributed by atoms with Gasteiger partial charge in [-0.2, -0.15) is 0 Å². The fraction of sp³-hybridized carbons (Fsp3) is 0.286. The van der Waals surface area contributed by atoms with Crippen molar-refractivity contribution in [3.05, 3.63) is 78.3 Å². The number of nitrogens with two attached hydrogens (primary N) is 1. The Kier molecular flexibility index (Phi) is 8.00. The molecule has 4 rings (SSSR count). The highest BCUT2D eigenvalue weighted by Crippen LogP contribution is 2.32.